The average Bonchev–Trinajstić information content (AvgIpc) is 2.84. The van der Waals surface area contributed by atoms with Gasteiger partial charge in [0.1, 0.15) is 5.75 Å². The minimum Gasteiger partial charge on any atom is -0.437 e. The normalized spacial score (nSPS) is 11.2. The number of nitriles is 1. The van der Waals surface area contributed by atoms with Crippen LogP contribution in [0.5, 0.6) is 11.6 Å². The fraction of sp³-hybridized carbons (Fsp3) is 0.267. The van der Waals surface area contributed by atoms with Gasteiger partial charge in [-0.05, 0) is 37.3 Å². The number of ether oxygens (including phenoxy) is 2. The zero-order chi connectivity index (χ0) is 18.8. The highest BCUT2D eigenvalue weighted by atomic mass is 32.1. The standard InChI is InChI=1S/C15H13F3N4O2S/c1-8-10(7-23-2)13(21-22(8)14(20)25)24-12-4-3-9(6-19)5-11(12)15(16,17)18/h3-5H,7H2,1-2H3,(H2,20,25). The predicted molar refractivity (Wildman–Crippen MR) is 86.1 cm³/mol. The summed E-state index contributed by atoms with van der Waals surface area (Å²) in [4.78, 5) is 0. The van der Waals surface area contributed by atoms with Gasteiger partial charge in [-0.3, -0.25) is 0 Å². The third-order valence-electron chi connectivity index (χ3n) is 3.32. The lowest BCUT2D eigenvalue weighted by molar-refractivity contribution is -0.138. The maximum Gasteiger partial charge on any atom is 0.420 e. The number of rotatable bonds is 4. The van der Waals surface area contributed by atoms with Gasteiger partial charge in [0, 0.05) is 7.11 Å². The second-order valence-electron chi connectivity index (χ2n) is 4.97. The molecule has 0 fully saturated rings. The van der Waals surface area contributed by atoms with E-state index >= 15 is 0 Å². The van der Waals surface area contributed by atoms with E-state index in [1.807, 2.05) is 0 Å². The van der Waals surface area contributed by atoms with E-state index in [-0.39, 0.29) is 23.2 Å². The Bertz CT molecular complexity index is 856. The van der Waals surface area contributed by atoms with Crippen molar-refractivity contribution in [2.45, 2.75) is 19.7 Å². The molecule has 0 saturated carbocycles. The Labute approximate surface area is 146 Å². The van der Waals surface area contributed by atoms with Gasteiger partial charge in [-0.15, -0.1) is 5.10 Å². The summed E-state index contributed by atoms with van der Waals surface area (Å²) in [6, 6.07) is 4.66. The van der Waals surface area contributed by atoms with E-state index in [0.717, 1.165) is 6.07 Å². The number of alkyl halides is 3. The second-order valence-corrected chi connectivity index (χ2v) is 5.39. The van der Waals surface area contributed by atoms with Crippen molar-refractivity contribution in [3.63, 3.8) is 0 Å². The smallest absolute Gasteiger partial charge is 0.420 e. The molecule has 0 aliphatic rings. The number of thiocarbonyl (C=S) groups is 1. The first kappa shape index (κ1) is 18.7. The highest BCUT2D eigenvalue weighted by Gasteiger charge is 2.35. The van der Waals surface area contributed by atoms with Crippen LogP contribution in [0.25, 0.3) is 0 Å². The third kappa shape index (κ3) is 3.89. The zero-order valence-electron chi connectivity index (χ0n) is 13.2. The van der Waals surface area contributed by atoms with Crippen molar-refractivity contribution in [3.8, 4) is 17.7 Å². The van der Waals surface area contributed by atoms with Crippen molar-refractivity contribution >= 4 is 17.3 Å². The molecule has 0 atom stereocenters. The molecule has 6 nitrogen and oxygen atoms in total. The quantitative estimate of drug-likeness (QED) is 0.833. The van der Waals surface area contributed by atoms with E-state index in [4.69, 9.17) is 32.7 Å². The number of hydrogen-bond donors (Lipinski definition) is 1. The van der Waals surface area contributed by atoms with Crippen molar-refractivity contribution in [2.75, 3.05) is 7.11 Å². The lowest BCUT2D eigenvalue weighted by atomic mass is 10.1. The first-order valence-electron chi connectivity index (χ1n) is 6.85. The van der Waals surface area contributed by atoms with E-state index in [9.17, 15) is 13.2 Å². The minimum absolute atomic E-state index is 0.0431. The molecule has 0 aliphatic carbocycles. The number of nitrogens with zero attached hydrogens (tertiary/aromatic N) is 3. The van der Waals surface area contributed by atoms with Gasteiger partial charge < -0.3 is 15.2 Å². The number of halogens is 3. The van der Waals surface area contributed by atoms with E-state index in [1.165, 1.54) is 17.9 Å². The first-order valence-corrected chi connectivity index (χ1v) is 7.26. The average molecular weight is 370 g/mol. The Morgan fingerprint density at radius 1 is 1.44 bits per heavy atom. The van der Waals surface area contributed by atoms with Crippen LogP contribution in [0.2, 0.25) is 0 Å². The van der Waals surface area contributed by atoms with Crippen molar-refractivity contribution in [1.29, 1.82) is 5.26 Å². The van der Waals surface area contributed by atoms with Gasteiger partial charge in [-0.25, -0.2) is 4.68 Å². The van der Waals surface area contributed by atoms with Crippen LogP contribution in [0.4, 0.5) is 13.2 Å². The van der Waals surface area contributed by atoms with Gasteiger partial charge >= 0.3 is 6.18 Å². The van der Waals surface area contributed by atoms with Crippen LogP contribution in [0.15, 0.2) is 18.2 Å². The molecule has 0 bridgehead atoms. The molecule has 1 aromatic carbocycles. The molecule has 0 unspecified atom stereocenters. The maximum atomic E-state index is 13.2. The van der Waals surface area contributed by atoms with Crippen LogP contribution < -0.4 is 10.5 Å². The summed E-state index contributed by atoms with van der Waals surface area (Å²) in [6.07, 6.45) is -4.70. The molecule has 25 heavy (non-hydrogen) atoms. The number of benzene rings is 1. The van der Waals surface area contributed by atoms with E-state index < -0.39 is 17.5 Å². The molecule has 1 aromatic heterocycles. The summed E-state index contributed by atoms with van der Waals surface area (Å²) >= 11 is 4.85. The molecular weight excluding hydrogens is 357 g/mol. The topological polar surface area (TPSA) is 86.1 Å². The number of hydrogen-bond acceptors (Lipinski definition) is 5. The Morgan fingerprint density at radius 2 is 2.12 bits per heavy atom. The molecule has 0 saturated heterocycles. The Balaban J connectivity index is 2.55. The maximum absolute atomic E-state index is 13.2. The minimum atomic E-state index is -4.70. The monoisotopic (exact) mass is 370 g/mol. The Hall–Kier alpha value is -2.64. The van der Waals surface area contributed by atoms with Crippen LogP contribution in [0.1, 0.15) is 22.4 Å². The van der Waals surface area contributed by atoms with Crippen LogP contribution >= 0.6 is 12.2 Å². The van der Waals surface area contributed by atoms with Gasteiger partial charge in [0.2, 0.25) is 5.88 Å². The number of nitrogens with two attached hydrogens (primary N) is 1. The number of methoxy groups -OCH3 is 1. The molecule has 10 heteroatoms. The predicted octanol–water partition coefficient (Wildman–Crippen LogP) is 3.11. The fourth-order valence-electron chi connectivity index (χ4n) is 2.13. The molecule has 0 spiro atoms. The van der Waals surface area contributed by atoms with Gasteiger partial charge in [-0.1, -0.05) is 0 Å². The molecule has 2 N–H and O–H groups in total. The van der Waals surface area contributed by atoms with Crippen LogP contribution in [-0.2, 0) is 17.5 Å². The summed E-state index contributed by atoms with van der Waals surface area (Å²) < 4.78 is 51.3. The largest absolute Gasteiger partial charge is 0.437 e. The lowest BCUT2D eigenvalue weighted by Gasteiger charge is -2.13. The third-order valence-corrected chi connectivity index (χ3v) is 3.49. The molecule has 2 aromatic rings. The molecule has 1 heterocycles. The summed E-state index contributed by atoms with van der Waals surface area (Å²) in [5, 5.41) is 12.7. The van der Waals surface area contributed by atoms with E-state index in [2.05, 4.69) is 5.10 Å². The fourth-order valence-corrected chi connectivity index (χ4v) is 2.31. The van der Waals surface area contributed by atoms with Crippen molar-refractivity contribution in [1.82, 2.24) is 9.78 Å². The summed E-state index contributed by atoms with van der Waals surface area (Å²) in [5.74, 6) is -0.598. The first-order chi connectivity index (χ1) is 11.7. The number of aromatic nitrogens is 2. The molecule has 0 aliphatic heterocycles. The van der Waals surface area contributed by atoms with Gasteiger partial charge in [0.25, 0.3) is 0 Å². The lowest BCUT2D eigenvalue weighted by Crippen LogP contribution is -2.21. The second kappa shape index (κ2) is 7.08. The van der Waals surface area contributed by atoms with E-state index in [0.29, 0.717) is 17.3 Å². The zero-order valence-corrected chi connectivity index (χ0v) is 14.0. The summed E-state index contributed by atoms with van der Waals surface area (Å²) in [7, 11) is 1.42. The highest BCUT2D eigenvalue weighted by molar-refractivity contribution is 7.80. The molecule has 0 radical (unpaired) electrons. The summed E-state index contributed by atoms with van der Waals surface area (Å²) in [6.45, 7) is 1.68. The van der Waals surface area contributed by atoms with Crippen LogP contribution in [-0.4, -0.2) is 22.0 Å². The molecule has 132 valence electrons. The van der Waals surface area contributed by atoms with Gasteiger partial charge in [0.05, 0.1) is 35.1 Å². The van der Waals surface area contributed by atoms with E-state index in [1.54, 1.807) is 13.0 Å². The van der Waals surface area contributed by atoms with Gasteiger partial charge in [-0.2, -0.15) is 18.4 Å². The van der Waals surface area contributed by atoms with Crippen molar-refractivity contribution < 1.29 is 22.6 Å². The molecule has 0 amide bonds. The van der Waals surface area contributed by atoms with Crippen molar-refractivity contribution in [2.24, 2.45) is 5.73 Å². The molecule has 2 rings (SSSR count). The summed E-state index contributed by atoms with van der Waals surface area (Å²) in [5.41, 5.74) is 5.22. The SMILES string of the molecule is COCc1c(Oc2ccc(C#N)cc2C(F)(F)F)nn(C(N)=S)c1C. The Kier molecular flexibility index (Phi) is 5.30. The van der Waals surface area contributed by atoms with Crippen molar-refractivity contribution in [3.05, 3.63) is 40.6 Å². The highest BCUT2D eigenvalue weighted by Crippen LogP contribution is 2.39. The van der Waals surface area contributed by atoms with Crippen LogP contribution in [0, 0.1) is 18.3 Å². The molecular formula is C15H13F3N4O2S. The van der Waals surface area contributed by atoms with Gasteiger partial charge in [0.15, 0.2) is 5.11 Å². The van der Waals surface area contributed by atoms with Crippen LogP contribution in [0.3, 0.4) is 0 Å². The Morgan fingerprint density at radius 3 is 2.64 bits per heavy atom.